The lowest BCUT2D eigenvalue weighted by Crippen LogP contribution is -2.49. The maximum absolute atomic E-state index is 14.0. The highest BCUT2D eigenvalue weighted by Crippen LogP contribution is 2.32. The van der Waals surface area contributed by atoms with Crippen molar-refractivity contribution in [2.75, 3.05) is 49.1 Å². The Morgan fingerprint density at radius 3 is 2.66 bits per heavy atom. The summed E-state index contributed by atoms with van der Waals surface area (Å²) < 4.78 is 43.6. The van der Waals surface area contributed by atoms with Gasteiger partial charge in [-0.15, -0.1) is 0 Å². The lowest BCUT2D eigenvalue weighted by atomic mass is 10.1. The van der Waals surface area contributed by atoms with Crippen molar-refractivity contribution in [3.63, 3.8) is 0 Å². The van der Waals surface area contributed by atoms with E-state index in [4.69, 9.17) is 0 Å². The number of imide groups is 1. The standard InChI is InChI=1S/C31H40FN7O4S/c1-3-36(24-11-12-27-28(18-24)35(2)34-30(27)39-16-13-29(40)33-31(39)41)21-25-9-6-14-37(25)19-22-7-4-10-26(17-22)44(42,43)38-15-5-8-23(32)20-38/h4,7,10-12,17-18,23,25H,3,5-6,8-9,13-16,19-21H2,1-2H3,(H,33,40,41)/t23-,25?/m0/s1. The molecule has 3 aliphatic rings. The number of fused-ring (bicyclic) bond motifs is 1. The molecule has 3 amide bonds. The van der Waals surface area contributed by atoms with Crippen LogP contribution < -0.4 is 15.1 Å². The monoisotopic (exact) mass is 625 g/mol. The molecule has 13 heteroatoms. The molecular formula is C31H40FN7O4S. The van der Waals surface area contributed by atoms with Crippen LogP contribution in [0, 0.1) is 0 Å². The molecular weight excluding hydrogens is 585 g/mol. The molecule has 0 spiro atoms. The average Bonchev–Trinajstić information content (AvgIpc) is 3.58. The predicted molar refractivity (Wildman–Crippen MR) is 167 cm³/mol. The summed E-state index contributed by atoms with van der Waals surface area (Å²) >= 11 is 0. The number of likely N-dealkylation sites (tertiary alicyclic amines) is 1. The summed E-state index contributed by atoms with van der Waals surface area (Å²) in [5.41, 5.74) is 2.89. The highest BCUT2D eigenvalue weighted by atomic mass is 32.2. The maximum Gasteiger partial charge on any atom is 0.329 e. The van der Waals surface area contributed by atoms with Crippen LogP contribution in [0.25, 0.3) is 10.9 Å². The zero-order valence-electron chi connectivity index (χ0n) is 25.3. The number of hydrogen-bond acceptors (Lipinski definition) is 7. The number of urea groups is 1. The van der Waals surface area contributed by atoms with E-state index in [-0.39, 0.29) is 29.8 Å². The van der Waals surface area contributed by atoms with Crippen LogP contribution in [-0.4, -0.2) is 90.8 Å². The van der Waals surface area contributed by atoms with Gasteiger partial charge in [0.2, 0.25) is 15.9 Å². The molecule has 0 saturated carbocycles. The minimum absolute atomic E-state index is 0.0753. The van der Waals surface area contributed by atoms with Gasteiger partial charge in [-0.1, -0.05) is 12.1 Å². The summed E-state index contributed by atoms with van der Waals surface area (Å²) in [4.78, 5) is 30.6. The second-order valence-electron chi connectivity index (χ2n) is 12.0. The van der Waals surface area contributed by atoms with E-state index in [0.717, 1.165) is 54.6 Å². The van der Waals surface area contributed by atoms with Crippen LogP contribution in [0.3, 0.4) is 0 Å². The van der Waals surface area contributed by atoms with Crippen LogP contribution in [0.5, 0.6) is 0 Å². The molecule has 0 radical (unpaired) electrons. The molecule has 0 aliphatic carbocycles. The first-order chi connectivity index (χ1) is 21.1. The molecule has 44 heavy (non-hydrogen) atoms. The van der Waals surface area contributed by atoms with Crippen LogP contribution >= 0.6 is 0 Å². The zero-order chi connectivity index (χ0) is 31.0. The minimum Gasteiger partial charge on any atom is -0.370 e. The number of benzene rings is 2. The number of hydrogen-bond donors (Lipinski definition) is 1. The fourth-order valence-corrected chi connectivity index (χ4v) is 8.25. The van der Waals surface area contributed by atoms with Crippen molar-refractivity contribution in [1.82, 2.24) is 24.3 Å². The molecule has 3 fully saturated rings. The van der Waals surface area contributed by atoms with Crippen molar-refractivity contribution in [3.8, 4) is 0 Å². The van der Waals surface area contributed by atoms with Crippen molar-refractivity contribution in [3.05, 3.63) is 48.0 Å². The number of halogens is 1. The Morgan fingerprint density at radius 2 is 1.89 bits per heavy atom. The average molecular weight is 626 g/mol. The third-order valence-corrected chi connectivity index (χ3v) is 10.9. The van der Waals surface area contributed by atoms with Crippen LogP contribution in [0.1, 0.15) is 44.6 Å². The van der Waals surface area contributed by atoms with E-state index in [2.05, 4.69) is 39.3 Å². The molecule has 1 aromatic heterocycles. The Hall–Kier alpha value is -3.55. The first-order valence-electron chi connectivity index (χ1n) is 15.4. The zero-order valence-corrected chi connectivity index (χ0v) is 26.1. The smallest absolute Gasteiger partial charge is 0.329 e. The number of amides is 3. The second-order valence-corrected chi connectivity index (χ2v) is 13.9. The van der Waals surface area contributed by atoms with E-state index in [1.54, 1.807) is 22.9 Å². The van der Waals surface area contributed by atoms with Crippen LogP contribution in [-0.2, 0) is 28.4 Å². The summed E-state index contributed by atoms with van der Waals surface area (Å²) in [5, 5.41) is 7.83. The molecule has 2 atom stereocenters. The Labute approximate surface area is 257 Å². The molecule has 11 nitrogen and oxygen atoms in total. The van der Waals surface area contributed by atoms with Crippen LogP contribution in [0.4, 0.5) is 20.7 Å². The third-order valence-electron chi connectivity index (χ3n) is 9.05. The summed E-state index contributed by atoms with van der Waals surface area (Å²) in [7, 11) is -1.88. The van der Waals surface area contributed by atoms with Gasteiger partial charge in [-0.3, -0.25) is 24.6 Å². The van der Waals surface area contributed by atoms with Gasteiger partial charge in [-0.2, -0.15) is 9.40 Å². The first-order valence-corrected chi connectivity index (χ1v) is 16.9. The normalized spacial score (nSPS) is 22.1. The number of aryl methyl sites for hydroxylation is 1. The number of anilines is 2. The van der Waals surface area contributed by atoms with Gasteiger partial charge in [0.05, 0.1) is 10.4 Å². The molecule has 2 aromatic carbocycles. The number of carbonyl (C=O) groups is 2. The largest absolute Gasteiger partial charge is 0.370 e. The van der Waals surface area contributed by atoms with Gasteiger partial charge in [0, 0.05) is 69.9 Å². The van der Waals surface area contributed by atoms with Crippen molar-refractivity contribution in [1.29, 1.82) is 0 Å². The third kappa shape index (κ3) is 6.04. The van der Waals surface area contributed by atoms with Gasteiger partial charge in [-0.05, 0) is 75.0 Å². The number of rotatable bonds is 9. The van der Waals surface area contributed by atoms with Gasteiger partial charge in [0.25, 0.3) is 0 Å². The summed E-state index contributed by atoms with van der Waals surface area (Å²) in [6, 6.07) is 13.1. The van der Waals surface area contributed by atoms with Gasteiger partial charge in [0.15, 0.2) is 5.82 Å². The van der Waals surface area contributed by atoms with E-state index in [0.29, 0.717) is 38.3 Å². The molecule has 236 valence electrons. The molecule has 1 N–H and O–H groups in total. The van der Waals surface area contributed by atoms with E-state index >= 15 is 0 Å². The Bertz CT molecular complexity index is 1660. The topological polar surface area (TPSA) is 111 Å². The number of nitrogens with zero attached hydrogens (tertiary/aromatic N) is 6. The van der Waals surface area contributed by atoms with Crippen molar-refractivity contribution in [2.24, 2.45) is 7.05 Å². The molecule has 1 unspecified atom stereocenters. The predicted octanol–water partition coefficient (Wildman–Crippen LogP) is 3.63. The van der Waals surface area contributed by atoms with Crippen molar-refractivity contribution < 1.29 is 22.4 Å². The highest BCUT2D eigenvalue weighted by Gasteiger charge is 2.32. The number of carbonyl (C=O) groups excluding carboxylic acids is 2. The maximum atomic E-state index is 14.0. The van der Waals surface area contributed by atoms with Gasteiger partial charge in [0.1, 0.15) is 6.17 Å². The number of sulfonamides is 1. The number of alkyl halides is 1. The summed E-state index contributed by atoms with van der Waals surface area (Å²) in [5.74, 6) is 0.262. The fourth-order valence-electron chi connectivity index (χ4n) is 6.67. The quantitative estimate of drug-likeness (QED) is 0.387. The number of aromatic nitrogens is 2. The number of piperidine rings is 1. The van der Waals surface area contributed by atoms with Crippen molar-refractivity contribution >= 4 is 44.4 Å². The molecule has 4 heterocycles. The molecule has 0 bridgehead atoms. The Kier molecular flexibility index (Phi) is 8.62. The fraction of sp³-hybridized carbons (Fsp3) is 0.516. The Morgan fingerprint density at radius 1 is 1.07 bits per heavy atom. The SMILES string of the molecule is CCN(CC1CCCN1Cc1cccc(S(=O)(=O)N2CCC[C@H](F)C2)c1)c1ccc2c(N3CCC(=O)NC3=O)nn(C)c2c1. The highest BCUT2D eigenvalue weighted by molar-refractivity contribution is 7.89. The van der Waals surface area contributed by atoms with E-state index in [1.165, 1.54) is 9.21 Å². The molecule has 3 saturated heterocycles. The van der Waals surface area contributed by atoms with E-state index in [9.17, 15) is 22.4 Å². The molecule has 6 rings (SSSR count). The lowest BCUT2D eigenvalue weighted by Gasteiger charge is -2.32. The minimum atomic E-state index is -3.74. The van der Waals surface area contributed by atoms with Crippen molar-refractivity contribution in [2.45, 2.75) is 62.7 Å². The summed E-state index contributed by atoms with van der Waals surface area (Å²) in [6.45, 7) is 5.89. The van der Waals surface area contributed by atoms with Crippen LogP contribution in [0.15, 0.2) is 47.4 Å². The lowest BCUT2D eigenvalue weighted by molar-refractivity contribution is -0.120. The van der Waals surface area contributed by atoms with E-state index < -0.39 is 22.2 Å². The molecule has 3 aliphatic heterocycles. The number of nitrogens with one attached hydrogen (secondary N) is 1. The van der Waals surface area contributed by atoms with Gasteiger partial charge >= 0.3 is 6.03 Å². The van der Waals surface area contributed by atoms with E-state index in [1.807, 2.05) is 19.2 Å². The van der Waals surface area contributed by atoms with Gasteiger partial charge < -0.3 is 4.90 Å². The van der Waals surface area contributed by atoms with Crippen LogP contribution in [0.2, 0.25) is 0 Å². The number of likely N-dealkylation sites (N-methyl/N-ethyl adjacent to an activating group) is 1. The summed E-state index contributed by atoms with van der Waals surface area (Å²) in [6.07, 6.45) is 2.18. The Balaban J connectivity index is 1.17. The van der Waals surface area contributed by atoms with Gasteiger partial charge in [-0.25, -0.2) is 17.6 Å². The second kappa shape index (κ2) is 12.4. The first kappa shape index (κ1) is 30.5. The molecule has 3 aromatic rings.